The third-order valence-corrected chi connectivity index (χ3v) is 2.77. The molecular weight excluding hydrogens is 258 g/mol. The molecule has 2 rings (SSSR count). The Hall–Kier alpha value is -0.810. The number of hydrogen-bond acceptors (Lipinski definition) is 1. The first kappa shape index (κ1) is 14.3. The van der Waals surface area contributed by atoms with Crippen LogP contribution in [0, 0.1) is 5.82 Å². The summed E-state index contributed by atoms with van der Waals surface area (Å²) in [6.07, 6.45) is -3.20. The van der Waals surface area contributed by atoms with Gasteiger partial charge in [0.2, 0.25) is 0 Å². The smallest absolute Gasteiger partial charge is 0.310 e. The molecule has 6 heteroatoms. The molecule has 1 aromatic rings. The molecule has 1 fully saturated rings. The van der Waals surface area contributed by atoms with Crippen molar-refractivity contribution in [2.75, 3.05) is 6.54 Å². The van der Waals surface area contributed by atoms with Crippen molar-refractivity contribution in [2.24, 2.45) is 0 Å². The Kier molecular flexibility index (Phi) is 4.38. The first-order valence-electron chi connectivity index (χ1n) is 5.09. The topological polar surface area (TPSA) is 12.0 Å². The van der Waals surface area contributed by atoms with Gasteiger partial charge in [0.1, 0.15) is 5.82 Å². The van der Waals surface area contributed by atoms with Gasteiger partial charge in [-0.2, -0.15) is 13.2 Å². The van der Waals surface area contributed by atoms with Gasteiger partial charge in [0.25, 0.3) is 0 Å². The first-order chi connectivity index (χ1) is 7.50. The van der Waals surface area contributed by atoms with E-state index < -0.39 is 17.6 Å². The summed E-state index contributed by atoms with van der Waals surface area (Å²) in [7, 11) is 0. The summed E-state index contributed by atoms with van der Waals surface area (Å²) in [4.78, 5) is 0. The van der Waals surface area contributed by atoms with Gasteiger partial charge in [0.15, 0.2) is 0 Å². The molecule has 1 aliphatic heterocycles. The third kappa shape index (κ3) is 2.90. The van der Waals surface area contributed by atoms with Crippen LogP contribution in [0.25, 0.3) is 0 Å². The Morgan fingerprint density at radius 3 is 2.47 bits per heavy atom. The molecule has 1 heterocycles. The standard InChI is InChI=1S/C11H11F4N.ClH/c12-8-4-1-3-7(9-5-2-6-16-9)10(8)11(13,14)15;/h1,3-4,9,16H,2,5-6H2;1H/t9-;/m0./s1. The Morgan fingerprint density at radius 2 is 1.94 bits per heavy atom. The summed E-state index contributed by atoms with van der Waals surface area (Å²) in [5.41, 5.74) is -1.11. The third-order valence-electron chi connectivity index (χ3n) is 2.77. The van der Waals surface area contributed by atoms with Crippen LogP contribution in [-0.2, 0) is 6.18 Å². The Labute approximate surface area is 103 Å². The zero-order chi connectivity index (χ0) is 11.8. The number of alkyl halides is 3. The van der Waals surface area contributed by atoms with Gasteiger partial charge in [-0.25, -0.2) is 4.39 Å². The van der Waals surface area contributed by atoms with E-state index >= 15 is 0 Å². The van der Waals surface area contributed by atoms with E-state index in [2.05, 4.69) is 5.32 Å². The molecule has 0 radical (unpaired) electrons. The highest BCUT2D eigenvalue weighted by Crippen LogP contribution is 2.38. The molecule has 0 bridgehead atoms. The SMILES string of the molecule is Cl.Fc1cccc([C@@H]2CCCN2)c1C(F)(F)F. The van der Waals surface area contributed by atoms with Gasteiger partial charge >= 0.3 is 6.18 Å². The van der Waals surface area contributed by atoms with Crippen molar-refractivity contribution in [1.82, 2.24) is 5.32 Å². The van der Waals surface area contributed by atoms with E-state index in [0.29, 0.717) is 13.0 Å². The van der Waals surface area contributed by atoms with Gasteiger partial charge < -0.3 is 5.32 Å². The number of benzene rings is 1. The van der Waals surface area contributed by atoms with Gasteiger partial charge in [-0.1, -0.05) is 12.1 Å². The van der Waals surface area contributed by atoms with Gasteiger partial charge in [-0.15, -0.1) is 12.4 Å². The Bertz CT molecular complexity index is 386. The molecule has 1 saturated heterocycles. The van der Waals surface area contributed by atoms with E-state index in [0.717, 1.165) is 12.5 Å². The van der Waals surface area contributed by atoms with Crippen molar-refractivity contribution in [3.8, 4) is 0 Å². The van der Waals surface area contributed by atoms with Crippen LogP contribution < -0.4 is 5.32 Å². The highest BCUT2D eigenvalue weighted by atomic mass is 35.5. The molecule has 1 nitrogen and oxygen atoms in total. The molecule has 0 aliphatic carbocycles. The molecular formula is C11H12ClF4N. The van der Waals surface area contributed by atoms with Gasteiger partial charge in [-0.3, -0.25) is 0 Å². The van der Waals surface area contributed by atoms with E-state index in [9.17, 15) is 17.6 Å². The molecule has 1 aliphatic rings. The molecule has 1 atom stereocenters. The van der Waals surface area contributed by atoms with Crippen LogP contribution >= 0.6 is 12.4 Å². The van der Waals surface area contributed by atoms with Gasteiger partial charge in [0.05, 0.1) is 5.56 Å². The van der Waals surface area contributed by atoms with Crippen LogP contribution in [0.15, 0.2) is 18.2 Å². The zero-order valence-corrected chi connectivity index (χ0v) is 9.67. The summed E-state index contributed by atoms with van der Waals surface area (Å²) in [5, 5.41) is 2.95. The molecule has 1 aromatic carbocycles. The minimum Gasteiger partial charge on any atom is -0.310 e. The summed E-state index contributed by atoms with van der Waals surface area (Å²) in [6.45, 7) is 0.679. The summed E-state index contributed by atoms with van der Waals surface area (Å²) in [5.74, 6) is -1.20. The lowest BCUT2D eigenvalue weighted by molar-refractivity contribution is -0.140. The first-order valence-corrected chi connectivity index (χ1v) is 5.09. The van der Waals surface area contributed by atoms with E-state index in [4.69, 9.17) is 0 Å². The zero-order valence-electron chi connectivity index (χ0n) is 8.85. The van der Waals surface area contributed by atoms with Crippen LogP contribution in [0.5, 0.6) is 0 Å². The molecule has 0 aromatic heterocycles. The maximum absolute atomic E-state index is 13.3. The predicted molar refractivity (Wildman–Crippen MR) is 58.6 cm³/mol. The maximum Gasteiger partial charge on any atom is 0.419 e. The Morgan fingerprint density at radius 1 is 1.24 bits per heavy atom. The van der Waals surface area contributed by atoms with Crippen molar-refractivity contribution in [3.63, 3.8) is 0 Å². The van der Waals surface area contributed by atoms with Crippen molar-refractivity contribution in [1.29, 1.82) is 0 Å². The minimum atomic E-state index is -4.63. The van der Waals surface area contributed by atoms with Crippen molar-refractivity contribution < 1.29 is 17.6 Å². The fourth-order valence-corrected chi connectivity index (χ4v) is 2.08. The van der Waals surface area contributed by atoms with Crippen LogP contribution in [-0.4, -0.2) is 6.54 Å². The molecule has 0 saturated carbocycles. The maximum atomic E-state index is 13.3. The number of nitrogens with one attached hydrogen (secondary N) is 1. The summed E-state index contributed by atoms with van der Waals surface area (Å²) < 4.78 is 51.3. The average Bonchev–Trinajstić information content (AvgIpc) is 2.67. The van der Waals surface area contributed by atoms with E-state index in [1.165, 1.54) is 12.1 Å². The van der Waals surface area contributed by atoms with Crippen LogP contribution in [0.4, 0.5) is 17.6 Å². The largest absolute Gasteiger partial charge is 0.419 e. The molecule has 17 heavy (non-hydrogen) atoms. The molecule has 1 N–H and O–H groups in total. The predicted octanol–water partition coefficient (Wildman–Crippen LogP) is 3.69. The lowest BCUT2D eigenvalue weighted by Crippen LogP contribution is -2.19. The van der Waals surface area contributed by atoms with E-state index in [-0.39, 0.29) is 24.0 Å². The molecule has 96 valence electrons. The lowest BCUT2D eigenvalue weighted by atomic mass is 9.98. The second kappa shape index (κ2) is 5.23. The van der Waals surface area contributed by atoms with Crippen molar-refractivity contribution in [3.05, 3.63) is 35.1 Å². The van der Waals surface area contributed by atoms with Crippen LogP contribution in [0.2, 0.25) is 0 Å². The van der Waals surface area contributed by atoms with Crippen molar-refractivity contribution in [2.45, 2.75) is 25.1 Å². The highest BCUT2D eigenvalue weighted by molar-refractivity contribution is 5.85. The Balaban J connectivity index is 0.00000144. The molecule has 0 spiro atoms. The average molecular weight is 270 g/mol. The number of halogens is 5. The fourth-order valence-electron chi connectivity index (χ4n) is 2.08. The number of hydrogen-bond donors (Lipinski definition) is 1. The lowest BCUT2D eigenvalue weighted by Gasteiger charge is -2.18. The normalized spacial score (nSPS) is 20.1. The fraction of sp³-hybridized carbons (Fsp3) is 0.455. The van der Waals surface area contributed by atoms with Crippen LogP contribution in [0.3, 0.4) is 0 Å². The second-order valence-electron chi connectivity index (χ2n) is 3.85. The summed E-state index contributed by atoms with van der Waals surface area (Å²) in [6, 6.07) is 3.13. The summed E-state index contributed by atoms with van der Waals surface area (Å²) >= 11 is 0. The molecule has 0 amide bonds. The van der Waals surface area contributed by atoms with E-state index in [1.807, 2.05) is 0 Å². The van der Waals surface area contributed by atoms with Gasteiger partial charge in [-0.05, 0) is 31.0 Å². The minimum absolute atomic E-state index is 0. The molecule has 0 unspecified atom stereocenters. The second-order valence-corrected chi connectivity index (χ2v) is 3.85. The monoisotopic (exact) mass is 269 g/mol. The van der Waals surface area contributed by atoms with Crippen LogP contribution in [0.1, 0.15) is 30.0 Å². The number of rotatable bonds is 1. The van der Waals surface area contributed by atoms with Gasteiger partial charge in [0, 0.05) is 6.04 Å². The quantitative estimate of drug-likeness (QED) is 0.767. The van der Waals surface area contributed by atoms with Crippen molar-refractivity contribution >= 4 is 12.4 Å². The highest BCUT2D eigenvalue weighted by Gasteiger charge is 2.38. The van der Waals surface area contributed by atoms with E-state index in [1.54, 1.807) is 0 Å².